The highest BCUT2D eigenvalue weighted by atomic mass is 16.5. The molecule has 0 fully saturated rings. The first-order valence-electron chi connectivity index (χ1n) is 3.47. The van der Waals surface area contributed by atoms with Crippen LogP contribution in [0, 0.1) is 0 Å². The molecule has 0 spiro atoms. The molecule has 0 radical (unpaired) electrons. The van der Waals surface area contributed by atoms with Crippen LogP contribution < -0.4 is 0 Å². The maximum absolute atomic E-state index is 9.30. The smallest absolute Gasteiger partial charge is 0.157 e. The number of rotatable bonds is 0. The summed E-state index contributed by atoms with van der Waals surface area (Å²) in [4.78, 5) is 0. The molecule has 1 aliphatic rings. The van der Waals surface area contributed by atoms with Gasteiger partial charge in [-0.25, -0.2) is 0 Å². The lowest BCUT2D eigenvalue weighted by molar-refractivity contribution is 0.222. The molecule has 2 nitrogen and oxygen atoms in total. The van der Waals surface area contributed by atoms with Crippen LogP contribution in [0.3, 0.4) is 0 Å². The average molecular weight is 148 g/mol. The minimum Gasteiger partial charge on any atom is -0.504 e. The second-order valence-electron chi connectivity index (χ2n) is 2.47. The van der Waals surface area contributed by atoms with E-state index in [1.165, 1.54) is 6.26 Å². The SMILES string of the molecule is OC1=COCc2ccccc21. The minimum atomic E-state index is 0.215. The Bertz CT molecular complexity index is 302. The summed E-state index contributed by atoms with van der Waals surface area (Å²) in [6.07, 6.45) is 1.38. The van der Waals surface area contributed by atoms with E-state index < -0.39 is 0 Å². The molecule has 1 aliphatic heterocycles. The standard InChI is InChI=1S/C9H8O2/c10-9-6-11-5-7-3-1-2-4-8(7)9/h1-4,6,10H,5H2. The van der Waals surface area contributed by atoms with Crippen LogP contribution in [0.15, 0.2) is 30.5 Å². The van der Waals surface area contributed by atoms with Crippen LogP contribution in [0.25, 0.3) is 5.76 Å². The van der Waals surface area contributed by atoms with Crippen LogP contribution in [0.1, 0.15) is 11.1 Å². The van der Waals surface area contributed by atoms with Crippen LogP contribution in [0.4, 0.5) is 0 Å². The molecule has 56 valence electrons. The van der Waals surface area contributed by atoms with Gasteiger partial charge in [-0.3, -0.25) is 0 Å². The van der Waals surface area contributed by atoms with E-state index in [0.717, 1.165) is 11.1 Å². The second-order valence-corrected chi connectivity index (χ2v) is 2.47. The summed E-state index contributed by atoms with van der Waals surface area (Å²) in [6, 6.07) is 7.65. The lowest BCUT2D eigenvalue weighted by Gasteiger charge is -2.13. The molecule has 0 saturated heterocycles. The van der Waals surface area contributed by atoms with Crippen molar-refractivity contribution >= 4 is 5.76 Å². The number of ether oxygens (including phenoxy) is 1. The summed E-state index contributed by atoms with van der Waals surface area (Å²) in [5, 5.41) is 9.30. The molecule has 0 unspecified atom stereocenters. The molecule has 0 bridgehead atoms. The normalized spacial score (nSPS) is 14.7. The van der Waals surface area contributed by atoms with Crippen LogP contribution in [-0.2, 0) is 11.3 Å². The predicted molar refractivity (Wildman–Crippen MR) is 41.8 cm³/mol. The minimum absolute atomic E-state index is 0.215. The molecule has 0 aliphatic carbocycles. The molecule has 0 atom stereocenters. The zero-order chi connectivity index (χ0) is 7.68. The van der Waals surface area contributed by atoms with Crippen molar-refractivity contribution in [2.75, 3.05) is 0 Å². The third-order valence-electron chi connectivity index (χ3n) is 1.73. The number of fused-ring (bicyclic) bond motifs is 1. The summed E-state index contributed by atoms with van der Waals surface area (Å²) in [5.74, 6) is 0.215. The van der Waals surface area contributed by atoms with Gasteiger partial charge in [0.05, 0.1) is 0 Å². The molecular formula is C9H8O2. The van der Waals surface area contributed by atoms with Crippen molar-refractivity contribution in [3.63, 3.8) is 0 Å². The van der Waals surface area contributed by atoms with E-state index in [1.54, 1.807) is 0 Å². The molecule has 1 N–H and O–H groups in total. The number of aliphatic hydroxyl groups is 1. The van der Waals surface area contributed by atoms with Gasteiger partial charge in [0.2, 0.25) is 0 Å². The van der Waals surface area contributed by atoms with Gasteiger partial charge in [0.25, 0.3) is 0 Å². The van der Waals surface area contributed by atoms with Gasteiger partial charge in [0.15, 0.2) is 5.76 Å². The zero-order valence-electron chi connectivity index (χ0n) is 5.95. The Balaban J connectivity index is 2.56. The van der Waals surface area contributed by atoms with Crippen molar-refractivity contribution in [1.82, 2.24) is 0 Å². The van der Waals surface area contributed by atoms with Gasteiger partial charge in [-0.1, -0.05) is 24.3 Å². The van der Waals surface area contributed by atoms with Crippen molar-refractivity contribution in [3.05, 3.63) is 41.7 Å². The molecule has 0 aromatic heterocycles. The Hall–Kier alpha value is -1.44. The van der Waals surface area contributed by atoms with Crippen LogP contribution in [0.5, 0.6) is 0 Å². The fourth-order valence-corrected chi connectivity index (χ4v) is 1.17. The highest BCUT2D eigenvalue weighted by molar-refractivity contribution is 5.61. The summed E-state index contributed by atoms with van der Waals surface area (Å²) in [6.45, 7) is 0.556. The molecule has 2 rings (SSSR count). The van der Waals surface area contributed by atoms with Crippen LogP contribution in [-0.4, -0.2) is 5.11 Å². The third-order valence-corrected chi connectivity index (χ3v) is 1.73. The molecule has 1 heterocycles. The van der Waals surface area contributed by atoms with E-state index >= 15 is 0 Å². The predicted octanol–water partition coefficient (Wildman–Crippen LogP) is 2.07. The highest BCUT2D eigenvalue weighted by Gasteiger charge is 2.10. The first kappa shape index (κ1) is 6.28. The molecule has 0 amide bonds. The zero-order valence-corrected chi connectivity index (χ0v) is 5.95. The first-order chi connectivity index (χ1) is 5.38. The van der Waals surface area contributed by atoms with Crippen molar-refractivity contribution in [1.29, 1.82) is 0 Å². The van der Waals surface area contributed by atoms with Crippen molar-refractivity contribution in [3.8, 4) is 0 Å². The summed E-state index contributed by atoms with van der Waals surface area (Å²) < 4.78 is 5.00. The largest absolute Gasteiger partial charge is 0.504 e. The van der Waals surface area contributed by atoms with Gasteiger partial charge >= 0.3 is 0 Å². The highest BCUT2D eigenvalue weighted by Crippen LogP contribution is 2.21. The molecule has 0 saturated carbocycles. The summed E-state index contributed by atoms with van der Waals surface area (Å²) in [7, 11) is 0. The fourth-order valence-electron chi connectivity index (χ4n) is 1.17. The molecule has 2 heteroatoms. The van der Waals surface area contributed by atoms with Gasteiger partial charge in [-0.15, -0.1) is 0 Å². The Morgan fingerprint density at radius 3 is 2.91 bits per heavy atom. The Morgan fingerprint density at radius 1 is 1.27 bits per heavy atom. The summed E-state index contributed by atoms with van der Waals surface area (Å²) >= 11 is 0. The maximum atomic E-state index is 9.30. The molecule has 1 aromatic rings. The van der Waals surface area contributed by atoms with Crippen LogP contribution in [0.2, 0.25) is 0 Å². The lowest BCUT2D eigenvalue weighted by atomic mass is 10.1. The van der Waals surface area contributed by atoms with E-state index in [4.69, 9.17) is 4.74 Å². The van der Waals surface area contributed by atoms with Crippen molar-refractivity contribution in [2.45, 2.75) is 6.61 Å². The number of hydrogen-bond donors (Lipinski definition) is 1. The van der Waals surface area contributed by atoms with Gasteiger partial charge in [0.1, 0.15) is 12.9 Å². The van der Waals surface area contributed by atoms with Gasteiger partial charge in [0, 0.05) is 11.1 Å². The monoisotopic (exact) mass is 148 g/mol. The van der Waals surface area contributed by atoms with E-state index in [-0.39, 0.29) is 5.76 Å². The molecule has 1 aromatic carbocycles. The molecular weight excluding hydrogens is 140 g/mol. The summed E-state index contributed by atoms with van der Waals surface area (Å²) in [5.41, 5.74) is 1.91. The van der Waals surface area contributed by atoms with E-state index in [1.807, 2.05) is 24.3 Å². The lowest BCUT2D eigenvalue weighted by Crippen LogP contribution is -2.00. The third kappa shape index (κ3) is 0.963. The number of benzene rings is 1. The average Bonchev–Trinajstić information content (AvgIpc) is 2.06. The fraction of sp³-hybridized carbons (Fsp3) is 0.111. The van der Waals surface area contributed by atoms with E-state index in [2.05, 4.69) is 0 Å². The first-order valence-corrected chi connectivity index (χ1v) is 3.47. The van der Waals surface area contributed by atoms with E-state index in [9.17, 15) is 5.11 Å². The Kier molecular flexibility index (Phi) is 1.32. The maximum Gasteiger partial charge on any atom is 0.157 e. The molecule has 11 heavy (non-hydrogen) atoms. The second kappa shape index (κ2) is 2.31. The van der Waals surface area contributed by atoms with Crippen LogP contribution >= 0.6 is 0 Å². The Labute approximate surface area is 64.7 Å². The van der Waals surface area contributed by atoms with Gasteiger partial charge in [-0.2, -0.15) is 0 Å². The topological polar surface area (TPSA) is 29.5 Å². The quantitative estimate of drug-likeness (QED) is 0.610. The van der Waals surface area contributed by atoms with E-state index in [0.29, 0.717) is 6.61 Å². The van der Waals surface area contributed by atoms with Gasteiger partial charge < -0.3 is 9.84 Å². The van der Waals surface area contributed by atoms with Gasteiger partial charge in [-0.05, 0) is 0 Å². The van der Waals surface area contributed by atoms with Crippen molar-refractivity contribution < 1.29 is 9.84 Å². The number of hydrogen-bond acceptors (Lipinski definition) is 2. The number of aliphatic hydroxyl groups excluding tert-OH is 1. The Morgan fingerprint density at radius 2 is 2.09 bits per heavy atom. The van der Waals surface area contributed by atoms with Crippen molar-refractivity contribution in [2.24, 2.45) is 0 Å².